The second kappa shape index (κ2) is 143. The first-order chi connectivity index (χ1) is 58.9. The Morgan fingerprint density at radius 1 is 0.339 bits per heavy atom. The third-order valence-electron chi connectivity index (χ3n) is 9.83. The SMILES string of the molecule is CC.CC.CC.CC.CC.CC.CC.CC.CC.CC.CC.CC.CC.CC.CC.Cc1cc[nH]c1.Cc1ccc[nH]1.Cc1ccccc1.Cc1ccco1.Cc1cccs1.Cc1ccoc1.Cc1ccsc1.Cc1cnco1.Cc1cncs1.Cc1cocn1.Cc1cscn1.Cc1ncco1.Cc1nccs1.Cn1cccc1.Cn1ccnc1. The van der Waals surface area contributed by atoms with Gasteiger partial charge in [-0.1, -0.05) is 250 Å². The fourth-order valence-corrected chi connectivity index (χ4v) is 7.78. The molecule has 14 heterocycles. The van der Waals surface area contributed by atoms with Crippen LogP contribution in [0.3, 0.4) is 0 Å². The molecule has 0 spiro atoms. The number of H-pyrrole nitrogens is 2. The average Bonchev–Trinajstić information content (AvgIpc) is 1.96. The summed E-state index contributed by atoms with van der Waals surface area (Å²) in [7, 11) is 3.94. The zero-order valence-corrected chi connectivity index (χ0v) is 88.9. The maximum absolute atomic E-state index is 4.83. The van der Waals surface area contributed by atoms with Crippen molar-refractivity contribution in [2.24, 2.45) is 14.1 Å². The van der Waals surface area contributed by atoms with Crippen molar-refractivity contribution in [1.29, 1.82) is 0 Å². The van der Waals surface area contributed by atoms with Crippen molar-refractivity contribution in [2.75, 3.05) is 0 Å². The molecule has 0 saturated carbocycles. The molecule has 0 aliphatic rings. The summed E-state index contributed by atoms with van der Waals surface area (Å²) in [5.41, 5.74) is 12.1. The molecule has 0 radical (unpaired) electrons. The number of aryl methyl sites for hydroxylation is 15. The van der Waals surface area contributed by atoms with Gasteiger partial charge in [0.1, 0.15) is 24.0 Å². The van der Waals surface area contributed by atoms with Crippen molar-refractivity contribution < 1.29 is 22.1 Å². The van der Waals surface area contributed by atoms with E-state index in [0.29, 0.717) is 0 Å². The second-order valence-corrected chi connectivity index (χ2v) is 23.4. The highest BCUT2D eigenvalue weighted by Gasteiger charge is 1.83. The molecule has 0 bridgehead atoms. The number of nitrogens with one attached hydrogen (secondary N) is 2. The van der Waals surface area contributed by atoms with Crippen molar-refractivity contribution in [3.05, 3.63) is 325 Å². The molecule has 1 aromatic carbocycles. The molecule has 0 aliphatic carbocycles. The number of hydrogen-bond donors (Lipinski definition) is 2. The molecular formula is C100H179N11O5S5. The molecule has 0 saturated heterocycles. The van der Waals surface area contributed by atoms with Crippen LogP contribution in [0.1, 0.15) is 279 Å². The van der Waals surface area contributed by atoms with Gasteiger partial charge in [-0.05, 0) is 177 Å². The lowest BCUT2D eigenvalue weighted by molar-refractivity contribution is 0.521. The van der Waals surface area contributed by atoms with E-state index in [1.54, 1.807) is 126 Å². The van der Waals surface area contributed by atoms with E-state index >= 15 is 0 Å². The zero-order chi connectivity index (χ0) is 96.8. The molecule has 0 unspecified atom stereocenters. The fourth-order valence-electron chi connectivity index (χ4n) is 5.19. The van der Waals surface area contributed by atoms with E-state index in [2.05, 4.69) is 123 Å². The van der Waals surface area contributed by atoms with Gasteiger partial charge in [-0.2, -0.15) is 11.3 Å². The van der Waals surface area contributed by atoms with E-state index in [1.807, 2.05) is 418 Å². The molecule has 0 amide bonds. The van der Waals surface area contributed by atoms with Gasteiger partial charge in [-0.25, -0.2) is 19.9 Å². The first-order valence-electron chi connectivity index (χ1n) is 43.2. The molecule has 0 atom stereocenters. The van der Waals surface area contributed by atoms with E-state index in [4.69, 9.17) is 17.7 Å². The van der Waals surface area contributed by atoms with Crippen LogP contribution >= 0.6 is 56.7 Å². The van der Waals surface area contributed by atoms with Crippen LogP contribution in [0.25, 0.3) is 0 Å². The Bertz CT molecular complexity index is 2740. The number of nitrogens with zero attached hydrogens (tertiary/aromatic N) is 9. The highest BCUT2D eigenvalue weighted by atomic mass is 32.1. The van der Waals surface area contributed by atoms with Gasteiger partial charge in [0.05, 0.1) is 59.2 Å². The second-order valence-electron chi connectivity index (χ2n) is 18.6. The number of thiazole rings is 3. The summed E-state index contributed by atoms with van der Waals surface area (Å²) < 4.78 is 27.5. The maximum atomic E-state index is 4.83. The molecule has 121 heavy (non-hydrogen) atoms. The maximum Gasteiger partial charge on any atom is 0.190 e. The third-order valence-corrected chi connectivity index (χ3v) is 13.5. The minimum Gasteiger partial charge on any atom is -0.472 e. The van der Waals surface area contributed by atoms with Gasteiger partial charge in [0.25, 0.3) is 0 Å². The topological polar surface area (TPSA) is 197 Å². The monoisotopic (exact) mass is 1770 g/mol. The minimum atomic E-state index is 0.718. The molecule has 2 N–H and O–H groups in total. The molecule has 15 rings (SSSR count). The number of rotatable bonds is 0. The number of benzene rings is 1. The lowest BCUT2D eigenvalue weighted by Crippen LogP contribution is -1.76. The van der Waals surface area contributed by atoms with E-state index < -0.39 is 0 Å². The summed E-state index contributed by atoms with van der Waals surface area (Å²) in [5.74, 6) is 2.54. The lowest BCUT2D eigenvalue weighted by atomic mass is 10.2. The zero-order valence-electron chi connectivity index (χ0n) is 84.9. The number of aromatic nitrogens is 11. The van der Waals surface area contributed by atoms with Crippen molar-refractivity contribution in [3.8, 4) is 0 Å². The highest BCUT2D eigenvalue weighted by Crippen LogP contribution is 2.05. The summed E-state index contributed by atoms with van der Waals surface area (Å²) >= 11 is 8.48. The molecule has 15 aromatic rings. The number of oxazole rings is 3. The molecule has 16 nitrogen and oxygen atoms in total. The Balaban J connectivity index is -0.0000000748. The summed E-state index contributed by atoms with van der Waals surface area (Å²) in [4.78, 5) is 35.2. The van der Waals surface area contributed by atoms with Crippen LogP contribution < -0.4 is 0 Å². The third kappa shape index (κ3) is 140. The van der Waals surface area contributed by atoms with E-state index in [0.717, 1.165) is 33.8 Å². The quantitative estimate of drug-likeness (QED) is 0.146. The van der Waals surface area contributed by atoms with Crippen LogP contribution in [0.2, 0.25) is 0 Å². The smallest absolute Gasteiger partial charge is 0.190 e. The largest absolute Gasteiger partial charge is 0.472 e. The normalized spacial score (nSPS) is 7.38. The van der Waals surface area contributed by atoms with Gasteiger partial charge in [-0.3, -0.25) is 15.0 Å². The molecule has 0 aliphatic heterocycles. The number of hydrogen-bond acceptors (Lipinski definition) is 17. The van der Waals surface area contributed by atoms with Crippen molar-refractivity contribution >= 4 is 56.7 Å². The first-order valence-corrected chi connectivity index (χ1v) is 47.7. The van der Waals surface area contributed by atoms with Gasteiger partial charge in [0.15, 0.2) is 18.7 Å². The van der Waals surface area contributed by atoms with Gasteiger partial charge in [-0.15, -0.1) is 45.3 Å². The number of furan rings is 2. The lowest BCUT2D eigenvalue weighted by Gasteiger charge is -1.82. The van der Waals surface area contributed by atoms with E-state index in [-0.39, 0.29) is 0 Å². The Labute approximate surface area is 764 Å². The van der Waals surface area contributed by atoms with E-state index in [9.17, 15) is 0 Å². The van der Waals surface area contributed by atoms with Crippen LogP contribution in [0.4, 0.5) is 0 Å². The predicted octanol–water partition coefficient (Wildman–Crippen LogP) is 36.1. The highest BCUT2D eigenvalue weighted by molar-refractivity contribution is 7.10. The van der Waals surface area contributed by atoms with Crippen LogP contribution in [-0.2, 0) is 14.1 Å². The van der Waals surface area contributed by atoms with E-state index in [1.165, 1.54) is 50.5 Å². The van der Waals surface area contributed by atoms with Gasteiger partial charge in [0.2, 0.25) is 0 Å². The Kier molecular flexibility index (Phi) is 172. The van der Waals surface area contributed by atoms with Crippen LogP contribution in [0, 0.1) is 90.0 Å². The minimum absolute atomic E-state index is 0.718. The van der Waals surface area contributed by atoms with Crippen molar-refractivity contribution in [3.63, 3.8) is 0 Å². The summed E-state index contributed by atoms with van der Waals surface area (Å²) in [6, 6.07) is 32.3. The first kappa shape index (κ1) is 146. The Hall–Kier alpha value is -9.25. The molecule has 694 valence electrons. The van der Waals surface area contributed by atoms with Crippen molar-refractivity contribution in [2.45, 2.75) is 298 Å². The van der Waals surface area contributed by atoms with Gasteiger partial charge >= 0.3 is 0 Å². The molecule has 21 heteroatoms. The molecule has 14 aromatic heterocycles. The summed E-state index contributed by atoms with van der Waals surface area (Å²) in [6.45, 7) is 85.8. The van der Waals surface area contributed by atoms with Crippen LogP contribution in [-0.4, -0.2) is 54.0 Å². The van der Waals surface area contributed by atoms with Crippen LogP contribution in [0.15, 0.2) is 276 Å². The Morgan fingerprint density at radius 3 is 1.07 bits per heavy atom. The summed E-state index contributed by atoms with van der Waals surface area (Å²) in [6.07, 6.45) is 33.1. The predicted molar refractivity (Wildman–Crippen MR) is 550 cm³/mol. The number of imidazole rings is 1. The number of thiophene rings is 2. The van der Waals surface area contributed by atoms with Gasteiger partial charge < -0.3 is 41.2 Å². The standard InChI is InChI=1S/C7H8.3C5H7N.2C5H6O.2C5H6S.C4H6N2.3C4H5NO.3C4H5NS.15C2H6/c1-7-5-3-2-4-6-7;1-5-2-3-6-4-5;1-6-4-2-3-5-6;1-5-3-2-4-6-5;1-5-2-3-6-4-5;1-5-3-2-4-6-5;1-5-2-3-6-4-5;1-5-3-2-4-6-5;1-6-3-2-5-4-6;1-4-2-6-3-5-4;1-4-2-5-3-6-4;1-4-5-2-3-6-4;1-4-2-6-3-5-4;1-4-2-5-3-6-4;1-4-5-2-3-6-4;15*1-2/h2-6H,1H3;2-4,6H,1H3;2-5H,1H3;2-4,6H,1H3;5*2-4H,1H3;6*2-3H,1H3;15*1-2H3. The Morgan fingerprint density at radius 2 is 0.934 bits per heavy atom. The average molecular weight is 1780 g/mol. The van der Waals surface area contributed by atoms with Crippen molar-refractivity contribution in [1.82, 2.24) is 54.0 Å². The summed E-state index contributed by atoms with van der Waals surface area (Å²) in [5, 5.41) is 11.4. The molecular weight excluding hydrogens is 1600 g/mol. The van der Waals surface area contributed by atoms with Crippen LogP contribution in [0.5, 0.6) is 0 Å². The number of aromatic amines is 2. The van der Waals surface area contributed by atoms with Gasteiger partial charge in [0, 0.05) is 109 Å². The fraction of sp³-hybridized carbons (Fsp3) is 0.450. The molecule has 0 fully saturated rings.